The first-order chi connectivity index (χ1) is 39.8. The van der Waals surface area contributed by atoms with Gasteiger partial charge in [-0.05, 0) is 150 Å². The van der Waals surface area contributed by atoms with Gasteiger partial charge in [0.15, 0.2) is 0 Å². The third kappa shape index (κ3) is 10.2. The fourth-order valence-electron chi connectivity index (χ4n) is 10.1. The molecule has 0 aliphatic carbocycles. The lowest BCUT2D eigenvalue weighted by Gasteiger charge is -2.08. The second-order valence-electron chi connectivity index (χ2n) is 18.9. The number of nitrogens with two attached hydrogens (primary N) is 2. The van der Waals surface area contributed by atoms with Gasteiger partial charge in [-0.1, -0.05) is 103 Å². The number of aromatic amines is 1. The predicted octanol–water partition coefficient (Wildman–Crippen LogP) is 19.4. The van der Waals surface area contributed by atoms with E-state index < -0.39 is 0 Å². The van der Waals surface area contributed by atoms with Crippen molar-refractivity contribution < 1.29 is 4.74 Å². The van der Waals surface area contributed by atoms with E-state index in [-0.39, 0.29) is 0 Å². The van der Waals surface area contributed by atoms with Crippen molar-refractivity contribution in [2.75, 3.05) is 18.6 Å². The summed E-state index contributed by atoms with van der Waals surface area (Å²) in [4.78, 5) is 21.7. The molecule has 8 heterocycles. The molecule has 0 saturated heterocycles. The second-order valence-corrected chi connectivity index (χ2v) is 23.7. The van der Waals surface area contributed by atoms with E-state index in [0.717, 1.165) is 70.2 Å². The van der Waals surface area contributed by atoms with Crippen LogP contribution in [0.25, 0.3) is 121 Å². The molecule has 8 aromatic heterocycles. The minimum absolute atomic E-state index is 0.577. The lowest BCUT2D eigenvalue weighted by atomic mass is 10.1. The molecule has 0 aliphatic rings. The van der Waals surface area contributed by atoms with Crippen LogP contribution in [0.2, 0.25) is 5.15 Å². The molecule has 0 aliphatic heterocycles. The number of fused-ring (bicyclic) bond motifs is 18. The number of anilines is 2. The Morgan fingerprint density at radius 1 is 0.469 bits per heavy atom. The molecule has 0 fully saturated rings. The predicted molar refractivity (Wildman–Crippen MR) is 356 cm³/mol. The second kappa shape index (κ2) is 22.4. The van der Waals surface area contributed by atoms with Gasteiger partial charge in [0.25, 0.3) is 0 Å². The van der Waals surface area contributed by atoms with Crippen LogP contribution in [0.3, 0.4) is 0 Å². The van der Waals surface area contributed by atoms with E-state index in [1.54, 1.807) is 25.4 Å². The van der Waals surface area contributed by atoms with E-state index in [0.29, 0.717) is 16.5 Å². The van der Waals surface area contributed by atoms with Crippen molar-refractivity contribution >= 4 is 190 Å². The van der Waals surface area contributed by atoms with E-state index in [4.69, 9.17) is 42.8 Å². The number of aromatic nitrogens is 6. The van der Waals surface area contributed by atoms with Gasteiger partial charge in [0.2, 0.25) is 0 Å². The van der Waals surface area contributed by atoms with Crippen molar-refractivity contribution in [3.63, 3.8) is 0 Å². The van der Waals surface area contributed by atoms with Gasteiger partial charge in [-0.3, -0.25) is 9.38 Å². The van der Waals surface area contributed by atoms with Crippen LogP contribution in [-0.4, -0.2) is 36.4 Å². The van der Waals surface area contributed by atoms with Crippen molar-refractivity contribution in [2.45, 2.75) is 0 Å². The number of nitrogens with one attached hydrogen (secondary N) is 1. The van der Waals surface area contributed by atoms with Crippen LogP contribution in [0.5, 0.6) is 5.75 Å². The monoisotopic (exact) mass is 1240 g/mol. The number of ether oxygens (including phenoxy) is 1. The molecule has 0 saturated carbocycles. The Labute approximate surface area is 494 Å². The molecule has 17 aromatic rings. The Hall–Kier alpha value is -8.70. The number of nitrogens with zero attached hydrogens (tertiary/aromatic N) is 5. The van der Waals surface area contributed by atoms with Crippen molar-refractivity contribution in [2.24, 2.45) is 0 Å². The molecule has 9 aromatic carbocycles. The minimum atomic E-state index is 0.577. The number of hydrogen-bond acceptors (Lipinski definition) is 10. The number of H-pyrrole nitrogens is 1. The zero-order valence-corrected chi connectivity index (χ0v) is 48.6. The fourth-order valence-corrected chi connectivity index (χ4v) is 13.8. The fraction of sp³-hybridized carbons (Fsp3) is 0.0149. The summed E-state index contributed by atoms with van der Waals surface area (Å²) in [5, 5.41) is 10.7. The Kier molecular flexibility index (Phi) is 14.3. The van der Waals surface area contributed by atoms with Crippen LogP contribution < -0.4 is 16.2 Å². The first-order valence-electron chi connectivity index (χ1n) is 25.8. The SMILES string of the molecule is COc1ccc2sc3ccccc3c2c1.Clc1ncccc1I.Nc1ccccc1N.c1ccc2[nH]c(-c3ccc4sc5ccccc5c4c3)nc2c1.c1ccc2c(c1)nc1c3cc4c(cc3c3ncccc3n21)sc1ccccc14. The van der Waals surface area contributed by atoms with Crippen LogP contribution in [0, 0.1) is 3.57 Å². The number of nitrogen functional groups attached to an aromatic ring is 2. The highest BCUT2D eigenvalue weighted by molar-refractivity contribution is 14.1. The van der Waals surface area contributed by atoms with Crippen LogP contribution in [0.15, 0.2) is 231 Å². The summed E-state index contributed by atoms with van der Waals surface area (Å²) in [5.74, 6) is 1.85. The zero-order valence-electron chi connectivity index (χ0n) is 43.2. The zero-order chi connectivity index (χ0) is 55.0. The lowest BCUT2D eigenvalue weighted by Crippen LogP contribution is -1.93. The van der Waals surface area contributed by atoms with Gasteiger partial charge in [-0.25, -0.2) is 15.0 Å². The van der Waals surface area contributed by atoms with Crippen LogP contribution in [0.4, 0.5) is 11.4 Å². The number of hydrogen-bond donors (Lipinski definition) is 3. The summed E-state index contributed by atoms with van der Waals surface area (Å²) in [5.41, 5.74) is 20.5. The summed E-state index contributed by atoms with van der Waals surface area (Å²) >= 11 is 13.2. The van der Waals surface area contributed by atoms with Gasteiger partial charge in [-0.15, -0.1) is 34.0 Å². The highest BCUT2D eigenvalue weighted by Gasteiger charge is 2.17. The van der Waals surface area contributed by atoms with Crippen LogP contribution in [-0.2, 0) is 0 Å². The number of para-hydroxylation sites is 6. The maximum Gasteiger partial charge on any atom is 0.146 e. The molecule has 0 spiro atoms. The summed E-state index contributed by atoms with van der Waals surface area (Å²) in [7, 11) is 1.70. The first kappa shape index (κ1) is 51.7. The van der Waals surface area contributed by atoms with E-state index in [2.05, 4.69) is 183 Å². The van der Waals surface area contributed by atoms with E-state index >= 15 is 0 Å². The molecular formula is C67H46ClIN8OS3. The molecule has 392 valence electrons. The largest absolute Gasteiger partial charge is 0.497 e. The standard InChI is InChI=1S/C24H13N3S.C19H12N2S.C13H10OS.C6H8N2.C5H3ClIN/c1-4-10-21-14(6-1)15-12-17-16(13-22(15)28-21)23-20(9-5-11-25-23)27-19-8-3-2-7-18(19)26-24(17)27;1-4-8-17-13(5-1)14-11-12(9-10-18(14)22-17)19-20-15-6-2-3-7-16(15)21-19;1-14-9-6-7-13-11(8-9)10-4-2-3-5-12(10)15-13;7-5-3-1-2-4-6(5)8;6-5-4(7)2-1-3-8-5/h1-13H;1-11H,(H,20,21);2-8H,1H3;1-4H,7-8H2;1-3H. The number of thiophene rings is 3. The molecule has 9 nitrogen and oxygen atoms in total. The molecule has 0 bridgehead atoms. The Balaban J connectivity index is 0.000000104. The van der Waals surface area contributed by atoms with E-state index in [9.17, 15) is 0 Å². The van der Waals surface area contributed by atoms with Gasteiger partial charge in [0, 0.05) is 89.2 Å². The molecule has 0 unspecified atom stereocenters. The van der Waals surface area contributed by atoms with Gasteiger partial charge in [-0.2, -0.15) is 0 Å². The van der Waals surface area contributed by atoms with Crippen LogP contribution in [0.1, 0.15) is 0 Å². The highest BCUT2D eigenvalue weighted by atomic mass is 127. The lowest BCUT2D eigenvalue weighted by molar-refractivity contribution is 0.415. The topological polar surface area (TPSA) is 133 Å². The summed E-state index contributed by atoms with van der Waals surface area (Å²) in [6.07, 6.45) is 3.55. The first-order valence-corrected chi connectivity index (χ1v) is 29.7. The maximum atomic E-state index is 5.59. The average Bonchev–Trinajstić information content (AvgIpc) is 4.52. The highest BCUT2D eigenvalue weighted by Crippen LogP contribution is 2.41. The third-order valence-electron chi connectivity index (χ3n) is 13.9. The Bertz CT molecular complexity index is 5050. The van der Waals surface area contributed by atoms with Crippen molar-refractivity contribution in [3.05, 3.63) is 240 Å². The Morgan fingerprint density at radius 2 is 1.01 bits per heavy atom. The summed E-state index contributed by atoms with van der Waals surface area (Å²) < 4.78 is 16.4. The molecule has 17 rings (SSSR count). The average molecular weight is 1240 g/mol. The van der Waals surface area contributed by atoms with Gasteiger partial charge < -0.3 is 21.2 Å². The molecular weight excluding hydrogens is 1190 g/mol. The summed E-state index contributed by atoms with van der Waals surface area (Å²) in [6, 6.07) is 74.7. The number of rotatable bonds is 2. The van der Waals surface area contributed by atoms with Crippen molar-refractivity contribution in [1.29, 1.82) is 0 Å². The molecule has 0 atom stereocenters. The van der Waals surface area contributed by atoms with Crippen molar-refractivity contribution in [1.82, 2.24) is 29.3 Å². The number of methoxy groups -OCH3 is 1. The summed E-state index contributed by atoms with van der Waals surface area (Å²) in [6.45, 7) is 0. The molecule has 0 amide bonds. The molecule has 0 radical (unpaired) electrons. The quantitative estimate of drug-likeness (QED) is 0.0679. The Morgan fingerprint density at radius 3 is 1.65 bits per heavy atom. The number of halogens is 2. The van der Waals surface area contributed by atoms with Crippen molar-refractivity contribution in [3.8, 4) is 17.1 Å². The molecule has 14 heteroatoms. The normalized spacial score (nSPS) is 11.2. The van der Waals surface area contributed by atoms with E-state index in [1.807, 2.05) is 101 Å². The van der Waals surface area contributed by atoms with E-state index in [1.165, 1.54) is 60.5 Å². The number of benzene rings is 9. The van der Waals surface area contributed by atoms with Gasteiger partial charge in [0.05, 0.1) is 55.2 Å². The smallest absolute Gasteiger partial charge is 0.146 e. The molecule has 5 N–H and O–H groups in total. The molecule has 81 heavy (non-hydrogen) atoms. The minimum Gasteiger partial charge on any atom is -0.497 e. The third-order valence-corrected chi connectivity index (χ3v) is 18.9. The number of imidazole rings is 2. The van der Waals surface area contributed by atoms with Crippen LogP contribution >= 0.6 is 68.2 Å². The van der Waals surface area contributed by atoms with Gasteiger partial charge >= 0.3 is 0 Å². The number of pyridine rings is 3. The van der Waals surface area contributed by atoms with Gasteiger partial charge in [0.1, 0.15) is 22.4 Å². The maximum absolute atomic E-state index is 5.59.